The molecule has 0 bridgehead atoms. The fourth-order valence-electron chi connectivity index (χ4n) is 4.02. The molecule has 3 aromatic rings. The van der Waals surface area contributed by atoms with Gasteiger partial charge in [-0.25, -0.2) is 4.98 Å². The molecule has 5 heteroatoms. The summed E-state index contributed by atoms with van der Waals surface area (Å²) in [6.45, 7) is 10.5. The first kappa shape index (κ1) is 21.0. The highest BCUT2D eigenvalue weighted by atomic mass is 16.1. The Balaban J connectivity index is 1.74. The summed E-state index contributed by atoms with van der Waals surface area (Å²) in [4.78, 5) is 22.5. The van der Waals surface area contributed by atoms with Crippen molar-refractivity contribution in [2.75, 3.05) is 10.6 Å². The minimum atomic E-state index is -0.115. The summed E-state index contributed by atoms with van der Waals surface area (Å²) in [6.07, 6.45) is 2.23. The first-order valence-corrected chi connectivity index (χ1v) is 10.9. The van der Waals surface area contributed by atoms with Crippen molar-refractivity contribution in [1.29, 1.82) is 0 Å². The summed E-state index contributed by atoms with van der Waals surface area (Å²) in [5.74, 6) is 1.16. The van der Waals surface area contributed by atoms with Crippen LogP contribution in [0.5, 0.6) is 0 Å². The fraction of sp³-hybridized carbons (Fsp3) is 0.346. The van der Waals surface area contributed by atoms with Crippen molar-refractivity contribution in [2.24, 2.45) is 5.41 Å². The quantitative estimate of drug-likeness (QED) is 0.513. The van der Waals surface area contributed by atoms with Gasteiger partial charge < -0.3 is 10.6 Å². The minimum Gasteiger partial charge on any atom is -0.339 e. The number of Topliss-reactive ketones (excluding diaryl/α,β-unsaturated/α-hetero) is 1. The molecular weight excluding hydrogens is 384 g/mol. The molecule has 31 heavy (non-hydrogen) atoms. The van der Waals surface area contributed by atoms with Gasteiger partial charge in [-0.15, -0.1) is 0 Å². The van der Waals surface area contributed by atoms with Crippen molar-refractivity contribution in [2.45, 2.75) is 53.9 Å². The maximum atomic E-state index is 13.0. The maximum Gasteiger partial charge on any atom is 0.229 e. The minimum absolute atomic E-state index is 0.0939. The number of carbonyl (C=O) groups is 1. The molecule has 1 aromatic heterocycles. The first-order valence-electron chi connectivity index (χ1n) is 10.9. The van der Waals surface area contributed by atoms with Gasteiger partial charge in [0.2, 0.25) is 5.95 Å². The van der Waals surface area contributed by atoms with Crippen LogP contribution in [0, 0.1) is 19.3 Å². The third-order valence-electron chi connectivity index (χ3n) is 5.94. The largest absolute Gasteiger partial charge is 0.339 e. The van der Waals surface area contributed by atoms with Crippen LogP contribution in [0.1, 0.15) is 59.9 Å². The zero-order chi connectivity index (χ0) is 22.2. The van der Waals surface area contributed by atoms with Crippen molar-refractivity contribution in [3.63, 3.8) is 0 Å². The molecule has 2 aromatic carbocycles. The molecule has 1 aliphatic carbocycles. The number of nitrogens with zero attached hydrogens (tertiary/aromatic N) is 2. The monoisotopic (exact) mass is 414 g/mol. The molecule has 0 spiro atoms. The molecule has 0 fully saturated rings. The molecule has 5 nitrogen and oxygen atoms in total. The summed E-state index contributed by atoms with van der Waals surface area (Å²) in [7, 11) is 0. The van der Waals surface area contributed by atoms with Gasteiger partial charge in [-0.3, -0.25) is 4.79 Å². The van der Waals surface area contributed by atoms with E-state index in [1.54, 1.807) is 0 Å². The van der Waals surface area contributed by atoms with Crippen molar-refractivity contribution in [3.05, 3.63) is 70.4 Å². The molecule has 160 valence electrons. The van der Waals surface area contributed by atoms with Gasteiger partial charge in [-0.05, 0) is 73.1 Å². The average molecular weight is 415 g/mol. The summed E-state index contributed by atoms with van der Waals surface area (Å²) in [5, 5.41) is 6.71. The molecule has 0 saturated carbocycles. The molecule has 0 unspecified atom stereocenters. The standard InChI is InChI=1S/C26H30N4O/c1-6-18-8-11-19(12-9-18)28-25-29-21-14-26(4,5)15-22(31)23(21)24(30-25)27-20-10-7-16(2)17(3)13-20/h7-13H,6,14-15H2,1-5H3,(H2,27,28,29,30). The van der Waals surface area contributed by atoms with Crippen LogP contribution >= 0.6 is 0 Å². The normalized spacial score (nSPS) is 14.8. The Morgan fingerprint density at radius 1 is 0.903 bits per heavy atom. The Morgan fingerprint density at radius 2 is 1.61 bits per heavy atom. The zero-order valence-electron chi connectivity index (χ0n) is 19.0. The molecule has 1 aliphatic rings. The highest BCUT2D eigenvalue weighted by Crippen LogP contribution is 2.38. The second-order valence-corrected chi connectivity index (χ2v) is 9.26. The van der Waals surface area contributed by atoms with E-state index in [1.807, 2.05) is 18.2 Å². The molecule has 0 atom stereocenters. The number of carbonyl (C=O) groups excluding carboxylic acids is 1. The number of hydrogen-bond acceptors (Lipinski definition) is 5. The van der Waals surface area contributed by atoms with E-state index in [2.05, 4.69) is 69.5 Å². The van der Waals surface area contributed by atoms with Crippen LogP contribution < -0.4 is 10.6 Å². The maximum absolute atomic E-state index is 13.0. The Labute approximate surface area is 184 Å². The van der Waals surface area contributed by atoms with Gasteiger partial charge in [0.15, 0.2) is 5.78 Å². The summed E-state index contributed by atoms with van der Waals surface area (Å²) in [6, 6.07) is 14.4. The number of aryl methyl sites for hydroxylation is 3. The van der Waals surface area contributed by atoms with Gasteiger partial charge in [0.1, 0.15) is 5.82 Å². The van der Waals surface area contributed by atoms with Crippen molar-refractivity contribution >= 4 is 28.9 Å². The second-order valence-electron chi connectivity index (χ2n) is 9.26. The lowest BCUT2D eigenvalue weighted by molar-refractivity contribution is 0.0911. The van der Waals surface area contributed by atoms with Crippen LogP contribution in [0.25, 0.3) is 0 Å². The van der Waals surface area contributed by atoms with Crippen LogP contribution in [0.4, 0.5) is 23.1 Å². The van der Waals surface area contributed by atoms with E-state index in [0.29, 0.717) is 23.8 Å². The fourth-order valence-corrected chi connectivity index (χ4v) is 4.02. The average Bonchev–Trinajstić information content (AvgIpc) is 2.70. The van der Waals surface area contributed by atoms with Gasteiger partial charge in [0.25, 0.3) is 0 Å². The van der Waals surface area contributed by atoms with E-state index in [0.717, 1.165) is 29.9 Å². The highest BCUT2D eigenvalue weighted by Gasteiger charge is 2.35. The topological polar surface area (TPSA) is 66.9 Å². The van der Waals surface area contributed by atoms with Crippen molar-refractivity contribution in [1.82, 2.24) is 9.97 Å². The summed E-state index contributed by atoms with van der Waals surface area (Å²) >= 11 is 0. The van der Waals surface area contributed by atoms with Crippen LogP contribution in [0.3, 0.4) is 0 Å². The van der Waals surface area contributed by atoms with Crippen LogP contribution in [-0.4, -0.2) is 15.8 Å². The first-order chi connectivity index (χ1) is 14.7. The van der Waals surface area contributed by atoms with E-state index in [-0.39, 0.29) is 11.2 Å². The highest BCUT2D eigenvalue weighted by molar-refractivity contribution is 6.03. The van der Waals surface area contributed by atoms with Gasteiger partial charge >= 0.3 is 0 Å². The lowest BCUT2D eigenvalue weighted by Gasteiger charge is -2.30. The smallest absolute Gasteiger partial charge is 0.229 e. The number of aromatic nitrogens is 2. The lowest BCUT2D eigenvalue weighted by Crippen LogP contribution is -2.29. The van der Waals surface area contributed by atoms with Gasteiger partial charge in [0.05, 0.1) is 11.3 Å². The molecular formula is C26H30N4O. The van der Waals surface area contributed by atoms with E-state index in [1.165, 1.54) is 16.7 Å². The van der Waals surface area contributed by atoms with Crippen molar-refractivity contribution < 1.29 is 4.79 Å². The number of anilines is 4. The van der Waals surface area contributed by atoms with Crippen molar-refractivity contribution in [3.8, 4) is 0 Å². The number of hydrogen-bond donors (Lipinski definition) is 2. The molecule has 0 amide bonds. The van der Waals surface area contributed by atoms with Crippen LogP contribution in [0.2, 0.25) is 0 Å². The Hall–Kier alpha value is -3.21. The molecule has 4 rings (SSSR count). The molecule has 0 aliphatic heterocycles. The van der Waals surface area contributed by atoms with Gasteiger partial charge in [-0.2, -0.15) is 4.98 Å². The Morgan fingerprint density at radius 3 is 2.29 bits per heavy atom. The summed E-state index contributed by atoms with van der Waals surface area (Å²) < 4.78 is 0. The van der Waals surface area contributed by atoms with E-state index in [9.17, 15) is 4.79 Å². The third-order valence-corrected chi connectivity index (χ3v) is 5.94. The molecule has 2 N–H and O–H groups in total. The summed E-state index contributed by atoms with van der Waals surface area (Å²) in [5.41, 5.74) is 6.84. The van der Waals surface area contributed by atoms with Crippen LogP contribution in [-0.2, 0) is 12.8 Å². The number of benzene rings is 2. The third kappa shape index (κ3) is 4.61. The van der Waals surface area contributed by atoms with Gasteiger partial charge in [-0.1, -0.05) is 39.0 Å². The Bertz CT molecular complexity index is 1130. The number of nitrogens with one attached hydrogen (secondary N) is 2. The number of rotatable bonds is 5. The predicted octanol–water partition coefficient (Wildman–Crippen LogP) is 6.30. The predicted molar refractivity (Wildman–Crippen MR) is 127 cm³/mol. The number of fused-ring (bicyclic) bond motifs is 1. The molecule has 0 saturated heterocycles. The lowest BCUT2D eigenvalue weighted by atomic mass is 9.75. The van der Waals surface area contributed by atoms with E-state index >= 15 is 0 Å². The van der Waals surface area contributed by atoms with E-state index in [4.69, 9.17) is 9.97 Å². The second kappa shape index (κ2) is 8.14. The molecule has 0 radical (unpaired) electrons. The SMILES string of the molecule is CCc1ccc(Nc2nc3c(c(Nc4ccc(C)c(C)c4)n2)C(=O)CC(C)(C)C3)cc1. The van der Waals surface area contributed by atoms with E-state index < -0.39 is 0 Å². The molecule has 1 heterocycles. The number of ketones is 1. The van der Waals surface area contributed by atoms with Gasteiger partial charge in [0, 0.05) is 17.8 Å². The zero-order valence-corrected chi connectivity index (χ0v) is 19.0. The Kier molecular flexibility index (Phi) is 5.52. The van der Waals surface area contributed by atoms with Crippen LogP contribution in [0.15, 0.2) is 42.5 Å².